The normalized spacial score (nSPS) is 15.6. The molecule has 102 valence electrons. The first-order valence-electron chi connectivity index (χ1n) is 6.46. The predicted molar refractivity (Wildman–Crippen MR) is 74.0 cm³/mol. The van der Waals surface area contributed by atoms with Crippen molar-refractivity contribution in [2.75, 3.05) is 20.3 Å². The maximum absolute atomic E-state index is 11.6. The molecule has 0 unspecified atom stereocenters. The van der Waals surface area contributed by atoms with Crippen molar-refractivity contribution in [3.8, 4) is 5.75 Å². The molecule has 0 amide bonds. The second-order valence-electron chi connectivity index (χ2n) is 4.47. The SMILES string of the molecule is CCOC(=O)/C=C1\NCCc2cc(OC)c(C)cc21. The summed E-state index contributed by atoms with van der Waals surface area (Å²) in [5.74, 6) is 0.572. The van der Waals surface area contributed by atoms with Crippen LogP contribution in [-0.2, 0) is 16.0 Å². The Morgan fingerprint density at radius 3 is 2.95 bits per heavy atom. The van der Waals surface area contributed by atoms with Crippen molar-refractivity contribution in [3.63, 3.8) is 0 Å². The third-order valence-electron chi connectivity index (χ3n) is 3.17. The Balaban J connectivity index is 2.39. The number of carbonyl (C=O) groups is 1. The summed E-state index contributed by atoms with van der Waals surface area (Å²) in [7, 11) is 1.67. The molecule has 1 aliphatic rings. The lowest BCUT2D eigenvalue weighted by atomic mass is 9.95. The molecule has 1 aliphatic heterocycles. The van der Waals surface area contributed by atoms with E-state index in [1.165, 1.54) is 11.6 Å². The van der Waals surface area contributed by atoms with E-state index >= 15 is 0 Å². The van der Waals surface area contributed by atoms with Gasteiger partial charge >= 0.3 is 5.97 Å². The van der Waals surface area contributed by atoms with Gasteiger partial charge in [-0.05, 0) is 43.5 Å². The quantitative estimate of drug-likeness (QED) is 0.668. The minimum atomic E-state index is -0.314. The molecule has 0 bridgehead atoms. The zero-order valence-corrected chi connectivity index (χ0v) is 11.6. The van der Waals surface area contributed by atoms with E-state index in [9.17, 15) is 4.79 Å². The summed E-state index contributed by atoms with van der Waals surface area (Å²) in [5, 5.41) is 3.25. The molecule has 0 aliphatic carbocycles. The molecular weight excluding hydrogens is 242 g/mol. The van der Waals surface area contributed by atoms with Crippen LogP contribution in [0.2, 0.25) is 0 Å². The average molecular weight is 261 g/mol. The Morgan fingerprint density at radius 2 is 2.26 bits per heavy atom. The van der Waals surface area contributed by atoms with Gasteiger partial charge in [-0.15, -0.1) is 0 Å². The fourth-order valence-electron chi connectivity index (χ4n) is 2.27. The molecule has 0 aromatic heterocycles. The van der Waals surface area contributed by atoms with Gasteiger partial charge in [0.05, 0.1) is 13.7 Å². The first-order chi connectivity index (χ1) is 9.15. The Hall–Kier alpha value is -1.97. The molecule has 1 aromatic carbocycles. The van der Waals surface area contributed by atoms with E-state index in [1.807, 2.05) is 19.1 Å². The van der Waals surface area contributed by atoms with Gasteiger partial charge in [0, 0.05) is 23.9 Å². The molecule has 0 saturated heterocycles. The number of ether oxygens (including phenoxy) is 2. The molecule has 0 saturated carbocycles. The fourth-order valence-corrected chi connectivity index (χ4v) is 2.27. The number of carbonyl (C=O) groups excluding carboxylic acids is 1. The molecule has 4 nitrogen and oxygen atoms in total. The molecule has 0 atom stereocenters. The van der Waals surface area contributed by atoms with Crippen LogP contribution in [0.5, 0.6) is 5.75 Å². The number of methoxy groups -OCH3 is 1. The topological polar surface area (TPSA) is 47.6 Å². The van der Waals surface area contributed by atoms with E-state index in [0.717, 1.165) is 35.5 Å². The van der Waals surface area contributed by atoms with Crippen LogP contribution < -0.4 is 10.1 Å². The third-order valence-corrected chi connectivity index (χ3v) is 3.17. The van der Waals surface area contributed by atoms with Crippen LogP contribution in [0.1, 0.15) is 23.6 Å². The fraction of sp³-hybridized carbons (Fsp3) is 0.400. The first-order valence-corrected chi connectivity index (χ1v) is 6.46. The molecule has 1 aromatic rings. The zero-order valence-electron chi connectivity index (χ0n) is 11.6. The summed E-state index contributed by atoms with van der Waals surface area (Å²) in [4.78, 5) is 11.6. The molecule has 1 heterocycles. The van der Waals surface area contributed by atoms with Gasteiger partial charge in [0.1, 0.15) is 5.75 Å². The van der Waals surface area contributed by atoms with Gasteiger partial charge in [0.25, 0.3) is 0 Å². The summed E-state index contributed by atoms with van der Waals surface area (Å²) in [6.45, 7) is 4.99. The molecule has 1 N–H and O–H groups in total. The Labute approximate surface area is 113 Å². The highest BCUT2D eigenvalue weighted by Gasteiger charge is 2.17. The Kier molecular flexibility index (Phi) is 4.10. The van der Waals surface area contributed by atoms with Crippen molar-refractivity contribution in [1.29, 1.82) is 0 Å². The Morgan fingerprint density at radius 1 is 1.47 bits per heavy atom. The highest BCUT2D eigenvalue weighted by atomic mass is 16.5. The highest BCUT2D eigenvalue weighted by molar-refractivity contribution is 5.91. The minimum Gasteiger partial charge on any atom is -0.496 e. The summed E-state index contributed by atoms with van der Waals surface area (Å²) in [6.07, 6.45) is 2.44. The monoisotopic (exact) mass is 261 g/mol. The molecule has 2 rings (SSSR count). The summed E-state index contributed by atoms with van der Waals surface area (Å²) < 4.78 is 10.3. The van der Waals surface area contributed by atoms with Crippen LogP contribution >= 0.6 is 0 Å². The number of rotatable bonds is 3. The molecule has 19 heavy (non-hydrogen) atoms. The van der Waals surface area contributed by atoms with Crippen LogP contribution in [0.25, 0.3) is 5.70 Å². The molecule has 4 heteroatoms. The van der Waals surface area contributed by atoms with E-state index in [-0.39, 0.29) is 5.97 Å². The van der Waals surface area contributed by atoms with Crippen LogP contribution in [0.3, 0.4) is 0 Å². The highest BCUT2D eigenvalue weighted by Crippen LogP contribution is 2.29. The molecular formula is C15H19NO3. The van der Waals surface area contributed by atoms with Crippen molar-refractivity contribution in [3.05, 3.63) is 34.9 Å². The summed E-state index contributed by atoms with van der Waals surface area (Å²) in [5.41, 5.74) is 4.12. The van der Waals surface area contributed by atoms with Gasteiger partial charge in [-0.1, -0.05) is 0 Å². The number of aryl methyl sites for hydroxylation is 1. The first kappa shape index (κ1) is 13.5. The van der Waals surface area contributed by atoms with Gasteiger partial charge in [-0.25, -0.2) is 4.79 Å². The predicted octanol–water partition coefficient (Wildman–Crippen LogP) is 2.05. The van der Waals surface area contributed by atoms with Crippen molar-refractivity contribution >= 4 is 11.7 Å². The second kappa shape index (κ2) is 5.78. The van der Waals surface area contributed by atoms with Gasteiger partial charge < -0.3 is 14.8 Å². The van der Waals surface area contributed by atoms with E-state index in [0.29, 0.717) is 6.61 Å². The smallest absolute Gasteiger partial charge is 0.332 e. The van der Waals surface area contributed by atoms with Crippen LogP contribution in [0.15, 0.2) is 18.2 Å². The van der Waals surface area contributed by atoms with Crippen molar-refractivity contribution in [1.82, 2.24) is 5.32 Å². The van der Waals surface area contributed by atoms with E-state index < -0.39 is 0 Å². The average Bonchev–Trinajstić information content (AvgIpc) is 2.39. The zero-order chi connectivity index (χ0) is 13.8. The van der Waals surface area contributed by atoms with Gasteiger partial charge in [-0.3, -0.25) is 0 Å². The maximum Gasteiger partial charge on any atom is 0.332 e. The molecule has 0 fully saturated rings. The van der Waals surface area contributed by atoms with Gasteiger partial charge in [0.2, 0.25) is 0 Å². The van der Waals surface area contributed by atoms with E-state index in [4.69, 9.17) is 9.47 Å². The van der Waals surface area contributed by atoms with Gasteiger partial charge in [0.15, 0.2) is 0 Å². The lowest BCUT2D eigenvalue weighted by Crippen LogP contribution is -2.24. The number of hydrogen-bond donors (Lipinski definition) is 1. The lowest BCUT2D eigenvalue weighted by Gasteiger charge is -2.22. The van der Waals surface area contributed by atoms with Crippen molar-refractivity contribution in [2.24, 2.45) is 0 Å². The summed E-state index contributed by atoms with van der Waals surface area (Å²) >= 11 is 0. The van der Waals surface area contributed by atoms with Crippen LogP contribution in [0, 0.1) is 6.92 Å². The number of esters is 1. The Bertz CT molecular complexity index is 520. The molecule has 0 radical (unpaired) electrons. The largest absolute Gasteiger partial charge is 0.496 e. The number of benzene rings is 1. The minimum absolute atomic E-state index is 0.314. The van der Waals surface area contributed by atoms with Gasteiger partial charge in [-0.2, -0.15) is 0 Å². The van der Waals surface area contributed by atoms with Crippen molar-refractivity contribution in [2.45, 2.75) is 20.3 Å². The van der Waals surface area contributed by atoms with Crippen molar-refractivity contribution < 1.29 is 14.3 Å². The van der Waals surface area contributed by atoms with E-state index in [2.05, 4.69) is 5.32 Å². The standard InChI is InChI=1S/C15H19NO3/c1-4-19-15(17)9-13-12-7-10(2)14(18-3)8-11(12)5-6-16-13/h7-9,16H,4-6H2,1-3H3/b13-9-. The van der Waals surface area contributed by atoms with Crippen LogP contribution in [-0.4, -0.2) is 26.2 Å². The maximum atomic E-state index is 11.6. The number of fused-ring (bicyclic) bond motifs is 1. The number of hydrogen-bond acceptors (Lipinski definition) is 4. The summed E-state index contributed by atoms with van der Waals surface area (Å²) in [6, 6.07) is 4.09. The van der Waals surface area contributed by atoms with E-state index in [1.54, 1.807) is 14.0 Å². The van der Waals surface area contributed by atoms with Crippen LogP contribution in [0.4, 0.5) is 0 Å². The second-order valence-corrected chi connectivity index (χ2v) is 4.47. The number of nitrogens with one attached hydrogen (secondary N) is 1. The lowest BCUT2D eigenvalue weighted by molar-refractivity contribution is -0.137. The molecule has 0 spiro atoms. The third kappa shape index (κ3) is 2.89.